The number of urea groups is 1. The Labute approximate surface area is 113 Å². The van der Waals surface area contributed by atoms with Crippen LogP contribution in [0.2, 0.25) is 0 Å². The van der Waals surface area contributed by atoms with Crippen LogP contribution in [0.3, 0.4) is 0 Å². The van der Waals surface area contributed by atoms with Crippen LogP contribution < -0.4 is 5.32 Å². The summed E-state index contributed by atoms with van der Waals surface area (Å²) in [4.78, 5) is 13.6. The summed E-state index contributed by atoms with van der Waals surface area (Å²) in [7, 11) is 0. The Balaban J connectivity index is 2.72. The molecule has 0 unspecified atom stereocenters. The minimum Gasteiger partial charge on any atom is -0.395 e. The van der Waals surface area contributed by atoms with Crippen molar-refractivity contribution >= 4 is 11.7 Å². The minimum atomic E-state index is -0.347. The third kappa shape index (κ3) is 4.52. The van der Waals surface area contributed by atoms with Crippen molar-refractivity contribution in [1.29, 1.82) is 0 Å². The average Bonchev–Trinajstić information content (AvgIpc) is 2.39. The largest absolute Gasteiger partial charge is 0.395 e. The molecular weight excluding hydrogens is 247 g/mol. The van der Waals surface area contributed by atoms with Crippen molar-refractivity contribution in [2.24, 2.45) is 0 Å². The molecule has 0 aliphatic carbocycles. The van der Waals surface area contributed by atoms with Gasteiger partial charge in [-0.3, -0.25) is 0 Å². The van der Waals surface area contributed by atoms with Gasteiger partial charge in [-0.2, -0.15) is 0 Å². The smallest absolute Gasteiger partial charge is 0.321 e. The van der Waals surface area contributed by atoms with Gasteiger partial charge in [0, 0.05) is 24.3 Å². The molecular formula is C14H21FN2O2. The predicted molar refractivity (Wildman–Crippen MR) is 73.7 cm³/mol. The van der Waals surface area contributed by atoms with E-state index in [2.05, 4.69) is 5.32 Å². The molecule has 0 aromatic heterocycles. The molecule has 1 aromatic rings. The van der Waals surface area contributed by atoms with Crippen LogP contribution in [0.5, 0.6) is 0 Å². The van der Waals surface area contributed by atoms with E-state index in [1.54, 1.807) is 19.1 Å². The molecule has 1 aromatic carbocycles. The molecule has 19 heavy (non-hydrogen) atoms. The monoisotopic (exact) mass is 268 g/mol. The number of carbonyl (C=O) groups is 1. The molecule has 2 amide bonds. The Morgan fingerprint density at radius 2 is 2.16 bits per heavy atom. The molecule has 0 aliphatic rings. The van der Waals surface area contributed by atoms with Crippen LogP contribution in [-0.4, -0.2) is 35.7 Å². The van der Waals surface area contributed by atoms with Gasteiger partial charge in [0.2, 0.25) is 0 Å². The van der Waals surface area contributed by atoms with Crippen molar-refractivity contribution in [1.82, 2.24) is 4.90 Å². The van der Waals surface area contributed by atoms with E-state index < -0.39 is 0 Å². The third-order valence-corrected chi connectivity index (χ3v) is 2.95. The molecule has 0 fully saturated rings. The number of nitrogens with one attached hydrogen (secondary N) is 1. The van der Waals surface area contributed by atoms with Crippen LogP contribution in [0.15, 0.2) is 18.2 Å². The Kier molecular flexibility index (Phi) is 6.29. The van der Waals surface area contributed by atoms with Gasteiger partial charge in [0.1, 0.15) is 5.82 Å². The average molecular weight is 268 g/mol. The van der Waals surface area contributed by atoms with Gasteiger partial charge in [-0.15, -0.1) is 0 Å². The highest BCUT2D eigenvalue weighted by Gasteiger charge is 2.14. The van der Waals surface area contributed by atoms with Crippen molar-refractivity contribution in [3.05, 3.63) is 29.6 Å². The van der Waals surface area contributed by atoms with Gasteiger partial charge >= 0.3 is 6.03 Å². The second-order valence-corrected chi connectivity index (χ2v) is 4.41. The highest BCUT2D eigenvalue weighted by atomic mass is 19.1. The van der Waals surface area contributed by atoms with Crippen LogP contribution >= 0.6 is 0 Å². The lowest BCUT2D eigenvalue weighted by molar-refractivity contribution is 0.187. The number of carbonyl (C=O) groups excluding carboxylic acids is 1. The topological polar surface area (TPSA) is 52.6 Å². The molecule has 0 spiro atoms. The molecule has 0 saturated carbocycles. The number of anilines is 1. The van der Waals surface area contributed by atoms with E-state index in [0.29, 0.717) is 17.8 Å². The van der Waals surface area contributed by atoms with E-state index in [-0.39, 0.29) is 25.0 Å². The van der Waals surface area contributed by atoms with E-state index >= 15 is 0 Å². The number of benzene rings is 1. The minimum absolute atomic E-state index is 0.0841. The Bertz CT molecular complexity index is 424. The van der Waals surface area contributed by atoms with Gasteiger partial charge in [-0.05, 0) is 25.5 Å². The summed E-state index contributed by atoms with van der Waals surface area (Å²) in [5, 5.41) is 11.6. The molecule has 106 valence electrons. The van der Waals surface area contributed by atoms with Gasteiger partial charge in [0.25, 0.3) is 0 Å². The first-order chi connectivity index (χ1) is 9.10. The summed E-state index contributed by atoms with van der Waals surface area (Å²) in [6, 6.07) is 4.26. The zero-order valence-electron chi connectivity index (χ0n) is 11.4. The fourth-order valence-corrected chi connectivity index (χ4v) is 1.72. The summed E-state index contributed by atoms with van der Waals surface area (Å²) in [6.07, 6.45) is 1.84. The molecule has 2 N–H and O–H groups in total. The molecule has 5 heteroatoms. The highest BCUT2D eigenvalue weighted by Crippen LogP contribution is 2.17. The first-order valence-electron chi connectivity index (χ1n) is 6.52. The number of aliphatic hydroxyl groups is 1. The van der Waals surface area contributed by atoms with Crippen LogP contribution in [0, 0.1) is 12.7 Å². The van der Waals surface area contributed by atoms with Crippen LogP contribution in [0.1, 0.15) is 25.3 Å². The van der Waals surface area contributed by atoms with Gasteiger partial charge in [-0.1, -0.05) is 19.4 Å². The van der Waals surface area contributed by atoms with Crippen molar-refractivity contribution in [3.8, 4) is 0 Å². The second kappa shape index (κ2) is 7.74. The molecule has 4 nitrogen and oxygen atoms in total. The first kappa shape index (κ1) is 15.4. The predicted octanol–water partition coefficient (Wildman–Crippen LogP) is 2.76. The molecule has 0 saturated heterocycles. The molecule has 0 radical (unpaired) electrons. The first-order valence-corrected chi connectivity index (χ1v) is 6.52. The maximum Gasteiger partial charge on any atom is 0.321 e. The summed E-state index contributed by atoms with van der Waals surface area (Å²) in [6.45, 7) is 4.43. The lowest BCUT2D eigenvalue weighted by Gasteiger charge is -2.22. The van der Waals surface area contributed by atoms with E-state index in [4.69, 9.17) is 5.11 Å². The number of aliphatic hydroxyl groups excluding tert-OH is 1. The number of rotatable bonds is 6. The van der Waals surface area contributed by atoms with E-state index in [1.165, 1.54) is 11.0 Å². The van der Waals surface area contributed by atoms with Gasteiger partial charge in [0.05, 0.1) is 6.61 Å². The van der Waals surface area contributed by atoms with Crippen LogP contribution in [0.4, 0.5) is 14.9 Å². The Morgan fingerprint density at radius 1 is 1.42 bits per heavy atom. The fraction of sp³-hybridized carbons (Fsp3) is 0.500. The highest BCUT2D eigenvalue weighted by molar-refractivity contribution is 5.90. The van der Waals surface area contributed by atoms with Gasteiger partial charge in [0.15, 0.2) is 0 Å². The maximum atomic E-state index is 13.4. The molecule has 0 aliphatic heterocycles. The number of hydrogen-bond acceptors (Lipinski definition) is 2. The lowest BCUT2D eigenvalue weighted by Crippen LogP contribution is -2.37. The Morgan fingerprint density at radius 3 is 2.79 bits per heavy atom. The van der Waals surface area contributed by atoms with Crippen molar-refractivity contribution < 1.29 is 14.3 Å². The van der Waals surface area contributed by atoms with Crippen molar-refractivity contribution in [2.45, 2.75) is 26.7 Å². The van der Waals surface area contributed by atoms with Crippen LogP contribution in [-0.2, 0) is 0 Å². The summed E-state index contributed by atoms with van der Waals surface area (Å²) < 4.78 is 13.4. The summed E-state index contributed by atoms with van der Waals surface area (Å²) >= 11 is 0. The molecule has 0 atom stereocenters. The van der Waals surface area contributed by atoms with Gasteiger partial charge in [-0.25, -0.2) is 9.18 Å². The van der Waals surface area contributed by atoms with E-state index in [9.17, 15) is 9.18 Å². The van der Waals surface area contributed by atoms with E-state index in [0.717, 1.165) is 12.8 Å². The lowest BCUT2D eigenvalue weighted by atomic mass is 10.2. The molecule has 0 bridgehead atoms. The SMILES string of the molecule is CCCCN(CCO)C(=O)Nc1cccc(F)c1C. The fourth-order valence-electron chi connectivity index (χ4n) is 1.72. The third-order valence-electron chi connectivity index (χ3n) is 2.95. The number of halogens is 1. The zero-order chi connectivity index (χ0) is 14.3. The molecule has 1 rings (SSSR count). The normalized spacial score (nSPS) is 10.3. The zero-order valence-corrected chi connectivity index (χ0v) is 11.4. The van der Waals surface area contributed by atoms with Gasteiger partial charge < -0.3 is 15.3 Å². The number of nitrogens with zero attached hydrogens (tertiary/aromatic N) is 1. The molecule has 0 heterocycles. The second-order valence-electron chi connectivity index (χ2n) is 4.41. The maximum absolute atomic E-state index is 13.4. The number of unbranched alkanes of at least 4 members (excludes halogenated alkanes) is 1. The van der Waals surface area contributed by atoms with Crippen LogP contribution in [0.25, 0.3) is 0 Å². The number of amides is 2. The number of hydrogen-bond donors (Lipinski definition) is 2. The Hall–Kier alpha value is -1.62. The summed E-state index contributed by atoms with van der Waals surface area (Å²) in [5.41, 5.74) is 0.875. The van der Waals surface area contributed by atoms with Crippen molar-refractivity contribution in [3.63, 3.8) is 0 Å². The summed E-state index contributed by atoms with van der Waals surface area (Å²) in [5.74, 6) is -0.347. The van der Waals surface area contributed by atoms with E-state index in [1.807, 2.05) is 6.92 Å². The van der Waals surface area contributed by atoms with Crippen molar-refractivity contribution in [2.75, 3.05) is 25.0 Å². The quantitative estimate of drug-likeness (QED) is 0.833. The standard InChI is InChI=1S/C14H21FN2O2/c1-3-4-8-17(9-10-18)14(19)16-13-7-5-6-12(15)11(13)2/h5-7,18H,3-4,8-10H2,1-2H3,(H,16,19).